The van der Waals surface area contributed by atoms with E-state index in [-0.39, 0.29) is 6.04 Å². The van der Waals surface area contributed by atoms with Crippen LogP contribution in [0.2, 0.25) is 0 Å². The van der Waals surface area contributed by atoms with E-state index in [9.17, 15) is 5.11 Å². The molecule has 1 aromatic carbocycles. The van der Waals surface area contributed by atoms with Gasteiger partial charge in [-0.1, -0.05) is 12.1 Å². The average Bonchev–Trinajstić information content (AvgIpc) is 3.18. The van der Waals surface area contributed by atoms with Gasteiger partial charge in [-0.2, -0.15) is 0 Å². The van der Waals surface area contributed by atoms with Crippen LogP contribution in [-0.4, -0.2) is 39.3 Å². The van der Waals surface area contributed by atoms with Crippen LogP contribution in [0.25, 0.3) is 0 Å². The molecule has 1 saturated heterocycles. The van der Waals surface area contributed by atoms with E-state index < -0.39 is 5.60 Å². The fourth-order valence-electron chi connectivity index (χ4n) is 3.50. The molecule has 1 aromatic heterocycles. The standard InChI is InChI=1S/C18H25N3O2/c1-18(22,14-6-8-15(23-3)9-7-14)16-5-4-11-21(16)13-17-19-10-12-20(17)2/h6-10,12,16,22H,4-5,11,13H2,1-3H3. The maximum Gasteiger partial charge on any atom is 0.122 e. The number of benzene rings is 1. The highest BCUT2D eigenvalue weighted by atomic mass is 16.5. The van der Waals surface area contributed by atoms with E-state index in [1.807, 2.05) is 55.2 Å². The lowest BCUT2D eigenvalue weighted by atomic mass is 9.86. The molecule has 5 nitrogen and oxygen atoms in total. The van der Waals surface area contributed by atoms with E-state index in [4.69, 9.17) is 4.74 Å². The second kappa shape index (κ2) is 6.34. The molecule has 1 aliphatic heterocycles. The number of aryl methyl sites for hydroxylation is 1. The number of nitrogens with zero attached hydrogens (tertiary/aromatic N) is 3. The average molecular weight is 315 g/mol. The van der Waals surface area contributed by atoms with Crippen LogP contribution >= 0.6 is 0 Å². The Kier molecular flexibility index (Phi) is 4.41. The number of rotatable bonds is 5. The third-order valence-corrected chi connectivity index (χ3v) is 4.95. The van der Waals surface area contributed by atoms with Gasteiger partial charge in [0, 0.05) is 25.5 Å². The topological polar surface area (TPSA) is 50.5 Å². The van der Waals surface area contributed by atoms with E-state index in [2.05, 4.69) is 9.88 Å². The summed E-state index contributed by atoms with van der Waals surface area (Å²) in [5, 5.41) is 11.2. The molecular weight excluding hydrogens is 290 g/mol. The molecule has 0 spiro atoms. The van der Waals surface area contributed by atoms with Crippen LogP contribution < -0.4 is 4.74 Å². The molecule has 23 heavy (non-hydrogen) atoms. The Morgan fingerprint density at radius 2 is 2.09 bits per heavy atom. The summed E-state index contributed by atoms with van der Waals surface area (Å²) in [7, 11) is 3.66. The van der Waals surface area contributed by atoms with E-state index in [0.717, 1.165) is 43.1 Å². The Morgan fingerprint density at radius 3 is 2.70 bits per heavy atom. The van der Waals surface area contributed by atoms with Gasteiger partial charge in [-0.15, -0.1) is 0 Å². The van der Waals surface area contributed by atoms with Crippen LogP contribution in [0, 0.1) is 0 Å². The summed E-state index contributed by atoms with van der Waals surface area (Å²) in [4.78, 5) is 6.75. The Bertz CT molecular complexity index is 649. The normalized spacial score (nSPS) is 21.3. The van der Waals surface area contributed by atoms with Crippen molar-refractivity contribution in [2.75, 3.05) is 13.7 Å². The molecule has 5 heteroatoms. The highest BCUT2D eigenvalue weighted by Gasteiger charge is 2.40. The molecule has 1 N–H and O–H groups in total. The minimum atomic E-state index is -0.895. The lowest BCUT2D eigenvalue weighted by Gasteiger charge is -2.37. The fourth-order valence-corrected chi connectivity index (χ4v) is 3.50. The van der Waals surface area contributed by atoms with Crippen LogP contribution in [0.5, 0.6) is 5.75 Å². The number of aromatic nitrogens is 2. The molecule has 0 aliphatic carbocycles. The Morgan fingerprint density at radius 1 is 1.35 bits per heavy atom. The molecule has 0 radical (unpaired) electrons. The fraction of sp³-hybridized carbons (Fsp3) is 0.500. The molecule has 1 fully saturated rings. The second-order valence-electron chi connectivity index (χ2n) is 6.46. The van der Waals surface area contributed by atoms with E-state index in [1.54, 1.807) is 7.11 Å². The summed E-state index contributed by atoms with van der Waals surface area (Å²) in [5.74, 6) is 1.84. The predicted octanol–water partition coefficient (Wildman–Crippen LogP) is 2.30. The molecule has 0 saturated carbocycles. The summed E-state index contributed by atoms with van der Waals surface area (Å²) in [6.07, 6.45) is 5.87. The Balaban J connectivity index is 1.80. The van der Waals surface area contributed by atoms with Gasteiger partial charge >= 0.3 is 0 Å². The van der Waals surface area contributed by atoms with Crippen molar-refractivity contribution < 1.29 is 9.84 Å². The SMILES string of the molecule is COc1ccc(C(C)(O)C2CCCN2Cc2nccn2C)cc1. The summed E-state index contributed by atoms with van der Waals surface area (Å²) >= 11 is 0. The molecule has 2 aromatic rings. The first-order valence-electron chi connectivity index (χ1n) is 8.09. The maximum absolute atomic E-state index is 11.2. The maximum atomic E-state index is 11.2. The summed E-state index contributed by atoms with van der Waals surface area (Å²) in [6, 6.07) is 7.81. The van der Waals surface area contributed by atoms with E-state index in [0.29, 0.717) is 0 Å². The summed E-state index contributed by atoms with van der Waals surface area (Å²) in [5.41, 5.74) is 0.0311. The number of methoxy groups -OCH3 is 1. The monoisotopic (exact) mass is 315 g/mol. The Labute approximate surface area is 137 Å². The first-order chi connectivity index (χ1) is 11.0. The van der Waals surface area contributed by atoms with Gasteiger partial charge < -0.3 is 14.4 Å². The summed E-state index contributed by atoms with van der Waals surface area (Å²) in [6.45, 7) is 3.67. The molecule has 3 rings (SSSR count). The smallest absolute Gasteiger partial charge is 0.122 e. The lowest BCUT2D eigenvalue weighted by Crippen LogP contribution is -2.45. The third-order valence-electron chi connectivity index (χ3n) is 4.95. The van der Waals surface area contributed by atoms with Crippen molar-refractivity contribution in [1.29, 1.82) is 0 Å². The van der Waals surface area contributed by atoms with Gasteiger partial charge in [-0.3, -0.25) is 4.90 Å². The second-order valence-corrected chi connectivity index (χ2v) is 6.46. The van der Waals surface area contributed by atoms with Crippen molar-refractivity contribution in [2.24, 2.45) is 7.05 Å². The highest BCUT2D eigenvalue weighted by Crippen LogP contribution is 2.35. The van der Waals surface area contributed by atoms with Crippen molar-refractivity contribution in [3.63, 3.8) is 0 Å². The summed E-state index contributed by atoms with van der Waals surface area (Å²) < 4.78 is 7.25. The predicted molar refractivity (Wildman–Crippen MR) is 89.2 cm³/mol. The zero-order valence-corrected chi connectivity index (χ0v) is 14.1. The first-order valence-corrected chi connectivity index (χ1v) is 8.09. The quantitative estimate of drug-likeness (QED) is 0.920. The van der Waals surface area contributed by atoms with Crippen molar-refractivity contribution in [2.45, 2.75) is 38.0 Å². The minimum Gasteiger partial charge on any atom is -0.497 e. The van der Waals surface area contributed by atoms with Crippen molar-refractivity contribution >= 4 is 0 Å². The van der Waals surface area contributed by atoms with Gasteiger partial charge in [0.1, 0.15) is 17.2 Å². The third kappa shape index (κ3) is 3.12. The van der Waals surface area contributed by atoms with Crippen molar-refractivity contribution in [3.8, 4) is 5.75 Å². The van der Waals surface area contributed by atoms with Crippen LogP contribution in [0.15, 0.2) is 36.7 Å². The number of hydrogen-bond acceptors (Lipinski definition) is 4. The number of hydrogen-bond donors (Lipinski definition) is 1. The van der Waals surface area contributed by atoms with Gasteiger partial charge in [0.05, 0.1) is 13.7 Å². The molecule has 2 heterocycles. The van der Waals surface area contributed by atoms with Crippen molar-refractivity contribution in [1.82, 2.24) is 14.5 Å². The van der Waals surface area contributed by atoms with Gasteiger partial charge in [-0.05, 0) is 44.0 Å². The molecule has 124 valence electrons. The van der Waals surface area contributed by atoms with E-state index >= 15 is 0 Å². The zero-order chi connectivity index (χ0) is 16.4. The number of aliphatic hydroxyl groups is 1. The van der Waals surface area contributed by atoms with Crippen LogP contribution in [0.1, 0.15) is 31.2 Å². The van der Waals surface area contributed by atoms with Crippen LogP contribution in [0.3, 0.4) is 0 Å². The Hall–Kier alpha value is -1.85. The van der Waals surface area contributed by atoms with Gasteiger partial charge in [0.2, 0.25) is 0 Å². The molecule has 2 unspecified atom stereocenters. The van der Waals surface area contributed by atoms with Gasteiger partial charge in [-0.25, -0.2) is 4.98 Å². The molecule has 2 atom stereocenters. The highest BCUT2D eigenvalue weighted by molar-refractivity contribution is 5.31. The minimum absolute atomic E-state index is 0.0904. The van der Waals surface area contributed by atoms with Gasteiger partial charge in [0.15, 0.2) is 0 Å². The largest absolute Gasteiger partial charge is 0.497 e. The molecule has 0 amide bonds. The number of imidazole rings is 1. The van der Waals surface area contributed by atoms with E-state index in [1.165, 1.54) is 0 Å². The van der Waals surface area contributed by atoms with Crippen molar-refractivity contribution in [3.05, 3.63) is 48.0 Å². The first kappa shape index (κ1) is 16.0. The number of ether oxygens (including phenoxy) is 1. The molecule has 0 bridgehead atoms. The number of likely N-dealkylation sites (tertiary alicyclic amines) is 1. The van der Waals surface area contributed by atoms with Crippen LogP contribution in [-0.2, 0) is 19.2 Å². The molecule has 1 aliphatic rings. The zero-order valence-electron chi connectivity index (χ0n) is 14.1. The van der Waals surface area contributed by atoms with Gasteiger partial charge in [0.25, 0.3) is 0 Å². The molecular formula is C18H25N3O2. The van der Waals surface area contributed by atoms with Crippen LogP contribution in [0.4, 0.5) is 0 Å². The lowest BCUT2D eigenvalue weighted by molar-refractivity contribution is -0.0263.